The maximum absolute atomic E-state index is 12.2. The third-order valence-electron chi connectivity index (χ3n) is 5.40. The Morgan fingerprint density at radius 2 is 1.38 bits per heavy atom. The van der Waals surface area contributed by atoms with Crippen molar-refractivity contribution >= 4 is 5.97 Å². The molecule has 0 saturated carbocycles. The second-order valence-electron chi connectivity index (χ2n) is 6.79. The summed E-state index contributed by atoms with van der Waals surface area (Å²) in [6.07, 6.45) is 0. The molecule has 1 fully saturated rings. The zero-order valence-electron chi connectivity index (χ0n) is 17.0. The van der Waals surface area contributed by atoms with Gasteiger partial charge >= 0.3 is 5.97 Å². The molecule has 0 aromatic heterocycles. The highest BCUT2D eigenvalue weighted by molar-refractivity contribution is 5.75. The highest BCUT2D eigenvalue weighted by Gasteiger charge is 2.42. The van der Waals surface area contributed by atoms with E-state index >= 15 is 0 Å². The highest BCUT2D eigenvalue weighted by atomic mass is 16.5. The van der Waals surface area contributed by atoms with Crippen molar-refractivity contribution in [2.45, 2.75) is 5.92 Å². The zero-order valence-corrected chi connectivity index (χ0v) is 17.0. The first-order valence-corrected chi connectivity index (χ1v) is 9.29. The topological polar surface area (TPSA) is 83.5 Å². The van der Waals surface area contributed by atoms with Gasteiger partial charge < -0.3 is 28.8 Å². The zero-order chi connectivity index (χ0) is 21.0. The lowest BCUT2D eigenvalue weighted by molar-refractivity contribution is -0.142. The van der Waals surface area contributed by atoms with Crippen molar-refractivity contribution in [1.29, 1.82) is 0 Å². The number of carbonyl (C=O) groups excluding carboxylic acids is 1. The van der Waals surface area contributed by atoms with Crippen molar-refractivity contribution in [1.82, 2.24) is 0 Å². The van der Waals surface area contributed by atoms with E-state index in [0.717, 1.165) is 11.1 Å². The molecule has 7 nitrogen and oxygen atoms in total. The van der Waals surface area contributed by atoms with Crippen LogP contribution in [0.3, 0.4) is 0 Å². The lowest BCUT2D eigenvalue weighted by atomic mass is 9.75. The number of methoxy groups -OCH3 is 4. The summed E-state index contributed by atoms with van der Waals surface area (Å²) in [4.78, 5) is 12.2. The van der Waals surface area contributed by atoms with E-state index in [0.29, 0.717) is 23.0 Å². The number of aliphatic hydroxyl groups excluding tert-OH is 1. The molecule has 0 spiro atoms. The molecule has 3 rings (SSSR count). The number of carbonyl (C=O) groups is 1. The van der Waals surface area contributed by atoms with Gasteiger partial charge in [-0.05, 0) is 35.4 Å². The summed E-state index contributed by atoms with van der Waals surface area (Å²) in [7, 11) is 6.31. The van der Waals surface area contributed by atoms with Gasteiger partial charge in [0, 0.05) is 11.8 Å². The van der Waals surface area contributed by atoms with Crippen LogP contribution in [0.1, 0.15) is 17.0 Å². The fraction of sp³-hybridized carbons (Fsp3) is 0.409. The summed E-state index contributed by atoms with van der Waals surface area (Å²) >= 11 is 0. The van der Waals surface area contributed by atoms with Crippen LogP contribution < -0.4 is 18.9 Å². The van der Waals surface area contributed by atoms with Gasteiger partial charge in [-0.3, -0.25) is 4.79 Å². The largest absolute Gasteiger partial charge is 0.493 e. The summed E-state index contributed by atoms with van der Waals surface area (Å²) < 4.78 is 26.9. The average Bonchev–Trinajstić information content (AvgIpc) is 3.13. The Kier molecular flexibility index (Phi) is 6.49. The van der Waals surface area contributed by atoms with E-state index in [1.807, 2.05) is 36.4 Å². The number of hydrogen-bond acceptors (Lipinski definition) is 7. The fourth-order valence-electron chi connectivity index (χ4n) is 3.89. The van der Waals surface area contributed by atoms with E-state index < -0.39 is 5.92 Å². The van der Waals surface area contributed by atoms with Crippen LogP contribution >= 0.6 is 0 Å². The highest BCUT2D eigenvalue weighted by Crippen LogP contribution is 2.44. The first-order valence-electron chi connectivity index (χ1n) is 9.29. The monoisotopic (exact) mass is 402 g/mol. The first kappa shape index (κ1) is 20.8. The van der Waals surface area contributed by atoms with Gasteiger partial charge in [-0.15, -0.1) is 0 Å². The summed E-state index contributed by atoms with van der Waals surface area (Å²) in [5.74, 6) is 0.911. The predicted molar refractivity (Wildman–Crippen MR) is 106 cm³/mol. The van der Waals surface area contributed by atoms with E-state index in [1.54, 1.807) is 28.4 Å². The Bertz CT molecular complexity index is 809. The molecule has 1 aliphatic heterocycles. The van der Waals surface area contributed by atoms with Crippen LogP contribution in [0, 0.1) is 11.8 Å². The number of benzene rings is 2. The van der Waals surface area contributed by atoms with Gasteiger partial charge in [-0.1, -0.05) is 12.1 Å². The molecule has 2 atom stereocenters. The van der Waals surface area contributed by atoms with Crippen LogP contribution in [0.4, 0.5) is 0 Å². The molecule has 156 valence electrons. The first-order chi connectivity index (χ1) is 14.1. The third kappa shape index (κ3) is 3.96. The molecule has 0 amide bonds. The molecule has 2 aromatic carbocycles. The van der Waals surface area contributed by atoms with Crippen LogP contribution in [0.15, 0.2) is 36.4 Å². The van der Waals surface area contributed by atoms with Crippen molar-refractivity contribution in [2.75, 3.05) is 41.7 Å². The van der Waals surface area contributed by atoms with Gasteiger partial charge in [-0.25, -0.2) is 0 Å². The smallest absolute Gasteiger partial charge is 0.311 e. The molecule has 0 aliphatic carbocycles. The lowest BCUT2D eigenvalue weighted by Crippen LogP contribution is -2.26. The van der Waals surface area contributed by atoms with Crippen molar-refractivity contribution < 1.29 is 33.6 Å². The fourth-order valence-corrected chi connectivity index (χ4v) is 3.89. The summed E-state index contributed by atoms with van der Waals surface area (Å²) in [5, 5.41) is 9.83. The maximum Gasteiger partial charge on any atom is 0.311 e. The number of hydrogen-bond donors (Lipinski definition) is 1. The minimum absolute atomic E-state index is 0.220. The quantitative estimate of drug-likeness (QED) is 0.680. The average molecular weight is 402 g/mol. The molecule has 0 unspecified atom stereocenters. The molecule has 2 aromatic rings. The van der Waals surface area contributed by atoms with Crippen LogP contribution in [0.25, 0.3) is 0 Å². The number of aliphatic hydroxyl groups is 1. The van der Waals surface area contributed by atoms with E-state index in [2.05, 4.69) is 0 Å². The van der Waals surface area contributed by atoms with E-state index in [1.165, 1.54) is 0 Å². The standard InChI is InChI=1S/C22H26O7/c1-25-17-7-5-13(9-19(17)27-3)21(16-12-29-22(24)15(16)11-23)14-6-8-18(26-2)20(10-14)28-4/h5-10,15-16,21,23H,11-12H2,1-4H3/t15-,16-/m0/s1. The Morgan fingerprint density at radius 3 is 1.79 bits per heavy atom. The van der Waals surface area contributed by atoms with Gasteiger partial charge in [0.2, 0.25) is 0 Å². The summed E-state index contributed by atoms with van der Waals surface area (Å²) in [6.45, 7) is -0.0575. The maximum atomic E-state index is 12.2. The van der Waals surface area contributed by atoms with Gasteiger partial charge in [-0.2, -0.15) is 0 Å². The predicted octanol–water partition coefficient (Wildman–Crippen LogP) is 2.63. The van der Waals surface area contributed by atoms with Crippen molar-refractivity contribution in [2.24, 2.45) is 11.8 Å². The Morgan fingerprint density at radius 1 is 0.897 bits per heavy atom. The van der Waals surface area contributed by atoms with Crippen LogP contribution in [0.5, 0.6) is 23.0 Å². The summed E-state index contributed by atoms with van der Waals surface area (Å²) in [6, 6.07) is 11.3. The molecule has 1 N–H and O–H groups in total. The molecular weight excluding hydrogens is 376 g/mol. The number of ether oxygens (including phenoxy) is 5. The van der Waals surface area contributed by atoms with Crippen molar-refractivity contribution in [3.63, 3.8) is 0 Å². The molecule has 7 heteroatoms. The Labute approximate surface area is 170 Å². The Hall–Kier alpha value is -2.93. The number of cyclic esters (lactones) is 1. The SMILES string of the molecule is COc1ccc(C(c2ccc(OC)c(OC)c2)[C@H]2COC(=O)[C@H]2CO)cc1OC. The number of rotatable bonds is 8. The molecule has 0 bridgehead atoms. The Balaban J connectivity index is 2.14. The van der Waals surface area contributed by atoms with Crippen molar-refractivity contribution in [3.8, 4) is 23.0 Å². The lowest BCUT2D eigenvalue weighted by Gasteiger charge is -2.27. The van der Waals surface area contributed by atoms with Gasteiger partial charge in [0.05, 0.1) is 47.6 Å². The molecule has 0 radical (unpaired) electrons. The third-order valence-corrected chi connectivity index (χ3v) is 5.40. The van der Waals surface area contributed by atoms with Gasteiger partial charge in [0.25, 0.3) is 0 Å². The van der Waals surface area contributed by atoms with E-state index in [-0.39, 0.29) is 31.0 Å². The van der Waals surface area contributed by atoms with Gasteiger partial charge in [0.1, 0.15) is 0 Å². The van der Waals surface area contributed by atoms with E-state index in [4.69, 9.17) is 23.7 Å². The minimum Gasteiger partial charge on any atom is -0.493 e. The molecule has 1 aliphatic rings. The van der Waals surface area contributed by atoms with Crippen LogP contribution in [-0.4, -0.2) is 52.7 Å². The number of esters is 1. The van der Waals surface area contributed by atoms with Crippen molar-refractivity contribution in [3.05, 3.63) is 47.5 Å². The van der Waals surface area contributed by atoms with Gasteiger partial charge in [0.15, 0.2) is 23.0 Å². The second kappa shape index (κ2) is 9.05. The molecule has 29 heavy (non-hydrogen) atoms. The van der Waals surface area contributed by atoms with Crippen LogP contribution in [0.2, 0.25) is 0 Å². The van der Waals surface area contributed by atoms with E-state index in [9.17, 15) is 9.90 Å². The minimum atomic E-state index is -0.610. The molecule has 1 saturated heterocycles. The molecular formula is C22H26O7. The molecule has 1 heterocycles. The second-order valence-corrected chi connectivity index (χ2v) is 6.79. The van der Waals surface area contributed by atoms with Crippen LogP contribution in [-0.2, 0) is 9.53 Å². The normalized spacial score (nSPS) is 18.5. The summed E-state index contributed by atoms with van der Waals surface area (Å²) in [5.41, 5.74) is 1.83.